The SMILES string of the molecule is CCCOc1cccc(C/C=C/[C]=O)c1. The molecule has 1 rings (SSSR count). The van der Waals surface area contributed by atoms with Crippen molar-refractivity contribution in [2.45, 2.75) is 19.8 Å². The Labute approximate surface area is 90.6 Å². The second kappa shape index (κ2) is 6.82. The average Bonchev–Trinajstić information content (AvgIpc) is 2.27. The molecule has 0 fully saturated rings. The zero-order valence-corrected chi connectivity index (χ0v) is 8.90. The van der Waals surface area contributed by atoms with Gasteiger partial charge in [-0.25, -0.2) is 0 Å². The molecule has 1 radical (unpaired) electrons. The van der Waals surface area contributed by atoms with E-state index in [9.17, 15) is 4.79 Å². The lowest BCUT2D eigenvalue weighted by molar-refractivity contribution is 0.317. The summed E-state index contributed by atoms with van der Waals surface area (Å²) in [5.74, 6) is 0.887. The second-order valence-electron chi connectivity index (χ2n) is 3.22. The molecule has 0 bridgehead atoms. The van der Waals surface area contributed by atoms with Crippen LogP contribution in [0.5, 0.6) is 5.75 Å². The van der Waals surface area contributed by atoms with E-state index in [-0.39, 0.29) is 0 Å². The lowest BCUT2D eigenvalue weighted by atomic mass is 10.1. The minimum atomic E-state index is 0.735. The van der Waals surface area contributed by atoms with Crippen LogP contribution in [0.25, 0.3) is 0 Å². The summed E-state index contributed by atoms with van der Waals surface area (Å²) >= 11 is 0. The first-order valence-electron chi connectivity index (χ1n) is 5.11. The maximum absolute atomic E-state index is 9.97. The van der Waals surface area contributed by atoms with Crippen molar-refractivity contribution in [2.24, 2.45) is 0 Å². The van der Waals surface area contributed by atoms with Gasteiger partial charge in [-0.3, -0.25) is 4.79 Å². The topological polar surface area (TPSA) is 26.3 Å². The van der Waals surface area contributed by atoms with Crippen LogP contribution in [0.4, 0.5) is 0 Å². The molecule has 0 heterocycles. The molecule has 0 aromatic heterocycles. The predicted molar refractivity (Wildman–Crippen MR) is 60.8 cm³/mol. The Morgan fingerprint density at radius 1 is 1.47 bits per heavy atom. The Morgan fingerprint density at radius 2 is 2.33 bits per heavy atom. The van der Waals surface area contributed by atoms with Crippen molar-refractivity contribution < 1.29 is 9.53 Å². The number of rotatable bonds is 6. The third-order valence-electron chi connectivity index (χ3n) is 1.91. The van der Waals surface area contributed by atoms with E-state index in [0.29, 0.717) is 0 Å². The van der Waals surface area contributed by atoms with Crippen molar-refractivity contribution in [1.29, 1.82) is 0 Å². The van der Waals surface area contributed by atoms with Gasteiger partial charge in [-0.15, -0.1) is 0 Å². The highest BCUT2D eigenvalue weighted by Crippen LogP contribution is 2.14. The molecular formula is C13H15O2. The standard InChI is InChI=1S/C13H15O2/c1-2-10-15-13-8-5-7-12(11-13)6-3-4-9-14/h3-5,7-8,11H,2,6,10H2,1H3/b4-3+. The number of ether oxygens (including phenoxy) is 1. The number of carbonyl (C=O) groups excluding carboxylic acids is 1. The van der Waals surface area contributed by atoms with Gasteiger partial charge in [0.25, 0.3) is 0 Å². The molecule has 2 heteroatoms. The van der Waals surface area contributed by atoms with E-state index in [1.165, 1.54) is 6.08 Å². The summed E-state index contributed by atoms with van der Waals surface area (Å²) in [7, 11) is 0. The molecule has 0 aliphatic rings. The van der Waals surface area contributed by atoms with E-state index in [4.69, 9.17) is 4.74 Å². The van der Waals surface area contributed by atoms with Crippen LogP contribution < -0.4 is 4.74 Å². The summed E-state index contributed by atoms with van der Waals surface area (Å²) in [5.41, 5.74) is 1.13. The van der Waals surface area contributed by atoms with Crippen LogP contribution in [-0.2, 0) is 11.2 Å². The minimum absolute atomic E-state index is 0.735. The first-order chi connectivity index (χ1) is 7.36. The summed E-state index contributed by atoms with van der Waals surface area (Å²) in [6, 6.07) is 7.90. The monoisotopic (exact) mass is 203 g/mol. The van der Waals surface area contributed by atoms with Crippen molar-refractivity contribution in [3.8, 4) is 5.75 Å². The van der Waals surface area contributed by atoms with Crippen molar-refractivity contribution >= 4 is 6.29 Å². The largest absolute Gasteiger partial charge is 0.494 e. The Balaban J connectivity index is 2.57. The van der Waals surface area contributed by atoms with Crippen LogP contribution >= 0.6 is 0 Å². The van der Waals surface area contributed by atoms with Gasteiger partial charge in [0, 0.05) is 0 Å². The van der Waals surface area contributed by atoms with Gasteiger partial charge < -0.3 is 4.74 Å². The molecule has 1 aromatic rings. The molecule has 0 unspecified atom stereocenters. The van der Waals surface area contributed by atoms with E-state index in [2.05, 4.69) is 6.92 Å². The maximum atomic E-state index is 9.97. The molecule has 79 valence electrons. The molecule has 0 atom stereocenters. The van der Waals surface area contributed by atoms with Gasteiger partial charge in [0.05, 0.1) is 6.61 Å². The molecule has 1 aromatic carbocycles. The van der Waals surface area contributed by atoms with Gasteiger partial charge in [-0.2, -0.15) is 0 Å². The van der Waals surface area contributed by atoms with Crippen LogP contribution in [0.2, 0.25) is 0 Å². The molecule has 0 N–H and O–H groups in total. The second-order valence-corrected chi connectivity index (χ2v) is 3.22. The van der Waals surface area contributed by atoms with Gasteiger partial charge >= 0.3 is 0 Å². The molecule has 2 nitrogen and oxygen atoms in total. The fraction of sp³-hybridized carbons (Fsp3) is 0.308. The number of hydrogen-bond acceptors (Lipinski definition) is 2. The van der Waals surface area contributed by atoms with E-state index in [1.807, 2.05) is 24.3 Å². The van der Waals surface area contributed by atoms with Crippen LogP contribution in [0.15, 0.2) is 36.4 Å². The Kier molecular flexibility index (Phi) is 5.23. The molecule has 0 saturated carbocycles. The van der Waals surface area contributed by atoms with Gasteiger partial charge in [0.15, 0.2) is 0 Å². The zero-order valence-electron chi connectivity index (χ0n) is 8.90. The van der Waals surface area contributed by atoms with E-state index < -0.39 is 0 Å². The van der Waals surface area contributed by atoms with Crippen molar-refractivity contribution in [3.05, 3.63) is 42.0 Å². The predicted octanol–water partition coefficient (Wildman–Crippen LogP) is 2.68. The van der Waals surface area contributed by atoms with Crippen molar-refractivity contribution in [2.75, 3.05) is 6.61 Å². The van der Waals surface area contributed by atoms with Gasteiger partial charge in [-0.1, -0.05) is 25.1 Å². The number of benzene rings is 1. The van der Waals surface area contributed by atoms with E-state index in [1.54, 1.807) is 12.4 Å². The highest BCUT2D eigenvalue weighted by Gasteiger charge is 1.94. The highest BCUT2D eigenvalue weighted by atomic mass is 16.5. The van der Waals surface area contributed by atoms with Crippen molar-refractivity contribution in [1.82, 2.24) is 0 Å². The molecule has 0 aliphatic heterocycles. The quantitative estimate of drug-likeness (QED) is 0.664. The Bertz CT molecular complexity index is 329. The first-order valence-corrected chi connectivity index (χ1v) is 5.11. The third kappa shape index (κ3) is 4.45. The van der Waals surface area contributed by atoms with Crippen LogP contribution in [0.3, 0.4) is 0 Å². The van der Waals surface area contributed by atoms with E-state index >= 15 is 0 Å². The Morgan fingerprint density at radius 3 is 3.07 bits per heavy atom. The summed E-state index contributed by atoms with van der Waals surface area (Å²) < 4.78 is 5.50. The minimum Gasteiger partial charge on any atom is -0.494 e. The fourth-order valence-corrected chi connectivity index (χ4v) is 1.23. The normalized spacial score (nSPS) is 10.5. The fourth-order valence-electron chi connectivity index (χ4n) is 1.23. The van der Waals surface area contributed by atoms with Crippen LogP contribution in [-0.4, -0.2) is 12.9 Å². The molecule has 0 amide bonds. The smallest absolute Gasteiger partial charge is 0.225 e. The molecule has 0 aliphatic carbocycles. The molecule has 0 saturated heterocycles. The highest BCUT2D eigenvalue weighted by molar-refractivity contribution is 5.65. The molecule has 0 spiro atoms. The van der Waals surface area contributed by atoms with Gasteiger partial charge in [-0.05, 0) is 36.6 Å². The van der Waals surface area contributed by atoms with E-state index in [0.717, 1.165) is 30.8 Å². The third-order valence-corrected chi connectivity index (χ3v) is 1.91. The zero-order chi connectivity index (χ0) is 10.9. The number of hydrogen-bond donors (Lipinski definition) is 0. The first kappa shape index (κ1) is 11.5. The van der Waals surface area contributed by atoms with Gasteiger partial charge in [0.2, 0.25) is 6.29 Å². The van der Waals surface area contributed by atoms with Crippen LogP contribution in [0, 0.1) is 0 Å². The van der Waals surface area contributed by atoms with Gasteiger partial charge in [0.1, 0.15) is 5.75 Å². The molecule has 15 heavy (non-hydrogen) atoms. The maximum Gasteiger partial charge on any atom is 0.225 e. The summed E-state index contributed by atoms with van der Waals surface area (Å²) in [6.07, 6.45) is 6.64. The summed E-state index contributed by atoms with van der Waals surface area (Å²) in [4.78, 5) is 9.97. The summed E-state index contributed by atoms with van der Waals surface area (Å²) in [5, 5.41) is 0. The van der Waals surface area contributed by atoms with Crippen molar-refractivity contribution in [3.63, 3.8) is 0 Å². The summed E-state index contributed by atoms with van der Waals surface area (Å²) in [6.45, 7) is 2.81. The lowest BCUT2D eigenvalue weighted by Gasteiger charge is -2.05. The lowest BCUT2D eigenvalue weighted by Crippen LogP contribution is -1.95. The number of allylic oxidation sites excluding steroid dienone is 2. The Hall–Kier alpha value is -1.57. The average molecular weight is 203 g/mol. The van der Waals surface area contributed by atoms with Crippen LogP contribution in [0.1, 0.15) is 18.9 Å². The molecular weight excluding hydrogens is 188 g/mol.